The van der Waals surface area contributed by atoms with Gasteiger partial charge in [0.2, 0.25) is 0 Å². The minimum absolute atomic E-state index is 0.444. The van der Waals surface area contributed by atoms with E-state index in [1.165, 1.54) is 18.4 Å². The van der Waals surface area contributed by atoms with Gasteiger partial charge in [-0.05, 0) is 24.3 Å². The molecule has 0 spiro atoms. The molecule has 0 unspecified atom stereocenters. The van der Waals surface area contributed by atoms with Crippen molar-refractivity contribution in [2.75, 3.05) is 0 Å². The van der Waals surface area contributed by atoms with E-state index in [-0.39, 0.29) is 0 Å². The predicted molar refractivity (Wildman–Crippen MR) is 47.7 cm³/mol. The first kappa shape index (κ1) is 9.64. The third-order valence-corrected chi connectivity index (χ3v) is 2.08. The van der Waals surface area contributed by atoms with Crippen molar-refractivity contribution < 1.29 is 23.1 Å². The first-order chi connectivity index (χ1) is 7.01. The summed E-state index contributed by atoms with van der Waals surface area (Å²) in [5.41, 5.74) is -0.108. The fourth-order valence-corrected chi connectivity index (χ4v) is 1.29. The number of hydrogen-bond acceptors (Lipinski definition) is 2. The van der Waals surface area contributed by atoms with Crippen molar-refractivity contribution in [3.05, 3.63) is 36.1 Å². The van der Waals surface area contributed by atoms with E-state index < -0.39 is 17.5 Å². The van der Waals surface area contributed by atoms with Gasteiger partial charge in [0.1, 0.15) is 5.58 Å². The Bertz CT molecular complexity index is 516. The number of carbonyl (C=O) groups is 1. The molecule has 1 aromatic heterocycles. The van der Waals surface area contributed by atoms with Crippen LogP contribution in [0.4, 0.5) is 8.78 Å². The van der Waals surface area contributed by atoms with Gasteiger partial charge in [0.15, 0.2) is 0 Å². The van der Waals surface area contributed by atoms with E-state index in [0.29, 0.717) is 11.0 Å². The number of halogens is 2. The molecule has 0 bridgehead atoms. The first-order valence-corrected chi connectivity index (χ1v) is 4.11. The molecule has 2 rings (SSSR count). The Balaban J connectivity index is 2.57. The Morgan fingerprint density at radius 2 is 2.07 bits per heavy atom. The minimum atomic E-state index is -3.87. The lowest BCUT2D eigenvalue weighted by molar-refractivity contribution is -0.166. The summed E-state index contributed by atoms with van der Waals surface area (Å²) in [6.07, 6.45) is 1.35. The molecule has 1 N–H and O–H groups in total. The molecule has 0 aliphatic rings. The van der Waals surface area contributed by atoms with E-state index in [1.807, 2.05) is 0 Å². The summed E-state index contributed by atoms with van der Waals surface area (Å²) in [6.45, 7) is 0. The molecule has 0 aliphatic carbocycles. The van der Waals surface area contributed by atoms with Crippen molar-refractivity contribution in [2.24, 2.45) is 0 Å². The second kappa shape index (κ2) is 3.05. The van der Waals surface area contributed by atoms with Crippen LogP contribution in [0.3, 0.4) is 0 Å². The van der Waals surface area contributed by atoms with Gasteiger partial charge in [0.05, 0.1) is 6.26 Å². The molecule has 0 atom stereocenters. The maximum atomic E-state index is 13.1. The molecule has 0 radical (unpaired) electrons. The van der Waals surface area contributed by atoms with Crippen molar-refractivity contribution in [3.8, 4) is 0 Å². The van der Waals surface area contributed by atoms with Gasteiger partial charge in [0, 0.05) is 10.9 Å². The number of carboxylic acids is 1. The lowest BCUT2D eigenvalue weighted by Crippen LogP contribution is -2.25. The maximum absolute atomic E-state index is 13.1. The number of aliphatic carboxylic acids is 1. The fourth-order valence-electron chi connectivity index (χ4n) is 1.29. The van der Waals surface area contributed by atoms with Crippen LogP contribution in [0.1, 0.15) is 5.56 Å². The first-order valence-electron chi connectivity index (χ1n) is 4.11. The Labute approximate surface area is 82.9 Å². The number of fused-ring (bicyclic) bond motifs is 1. The van der Waals surface area contributed by atoms with Gasteiger partial charge in [0.25, 0.3) is 0 Å². The van der Waals surface area contributed by atoms with Gasteiger partial charge < -0.3 is 9.52 Å². The standard InChI is InChI=1S/C10H6F2O3/c11-10(12,9(13)14)7-1-2-8-6(5-7)3-4-15-8/h1-5H,(H,13,14). The topological polar surface area (TPSA) is 50.4 Å². The zero-order valence-electron chi connectivity index (χ0n) is 7.41. The van der Waals surface area contributed by atoms with E-state index >= 15 is 0 Å². The molecule has 1 aromatic carbocycles. The van der Waals surface area contributed by atoms with Gasteiger partial charge >= 0.3 is 11.9 Å². The van der Waals surface area contributed by atoms with Crippen LogP contribution in [0.2, 0.25) is 0 Å². The molecule has 0 saturated heterocycles. The van der Waals surface area contributed by atoms with E-state index in [4.69, 9.17) is 9.52 Å². The van der Waals surface area contributed by atoms with Crippen molar-refractivity contribution >= 4 is 16.9 Å². The van der Waals surface area contributed by atoms with E-state index in [2.05, 4.69) is 0 Å². The average Bonchev–Trinajstić information content (AvgIpc) is 2.63. The summed E-state index contributed by atoms with van der Waals surface area (Å²) in [5.74, 6) is -6.03. The molecule has 0 amide bonds. The number of alkyl halides is 2. The van der Waals surface area contributed by atoms with Crippen molar-refractivity contribution in [2.45, 2.75) is 5.92 Å². The molecule has 3 nitrogen and oxygen atoms in total. The van der Waals surface area contributed by atoms with E-state index in [9.17, 15) is 13.6 Å². The fraction of sp³-hybridized carbons (Fsp3) is 0.100. The second-order valence-corrected chi connectivity index (χ2v) is 3.05. The van der Waals surface area contributed by atoms with Crippen molar-refractivity contribution in [1.82, 2.24) is 0 Å². The van der Waals surface area contributed by atoms with Crippen LogP contribution >= 0.6 is 0 Å². The van der Waals surface area contributed by atoms with Crippen LogP contribution in [-0.2, 0) is 10.7 Å². The summed E-state index contributed by atoms with van der Waals surface area (Å²) in [5, 5.41) is 8.80. The second-order valence-electron chi connectivity index (χ2n) is 3.05. The van der Waals surface area contributed by atoms with Crippen LogP contribution < -0.4 is 0 Å². The number of hydrogen-bond donors (Lipinski definition) is 1. The molecular formula is C10H6F2O3. The Morgan fingerprint density at radius 3 is 2.73 bits per heavy atom. The molecule has 15 heavy (non-hydrogen) atoms. The average molecular weight is 212 g/mol. The minimum Gasteiger partial charge on any atom is -0.477 e. The SMILES string of the molecule is O=C(O)C(F)(F)c1ccc2occc2c1. The number of furan rings is 1. The third-order valence-electron chi connectivity index (χ3n) is 2.08. The highest BCUT2D eigenvalue weighted by Crippen LogP contribution is 2.30. The Hall–Kier alpha value is -1.91. The van der Waals surface area contributed by atoms with Crippen LogP contribution in [0.5, 0.6) is 0 Å². The lowest BCUT2D eigenvalue weighted by Gasteiger charge is -2.10. The summed E-state index contributed by atoms with van der Waals surface area (Å²) in [4.78, 5) is 10.3. The molecular weight excluding hydrogens is 206 g/mol. The highest BCUT2D eigenvalue weighted by atomic mass is 19.3. The van der Waals surface area contributed by atoms with Gasteiger partial charge in [-0.15, -0.1) is 0 Å². The summed E-state index contributed by atoms with van der Waals surface area (Å²) in [6, 6.07) is 4.96. The summed E-state index contributed by atoms with van der Waals surface area (Å²) >= 11 is 0. The predicted octanol–water partition coefficient (Wildman–Crippen LogP) is 2.61. The van der Waals surface area contributed by atoms with Crippen LogP contribution in [0.15, 0.2) is 34.9 Å². The monoisotopic (exact) mass is 212 g/mol. The van der Waals surface area contributed by atoms with Gasteiger partial charge in [-0.25, -0.2) is 4.79 Å². The van der Waals surface area contributed by atoms with E-state index in [0.717, 1.165) is 12.1 Å². The summed E-state index contributed by atoms with van der Waals surface area (Å²) < 4.78 is 31.1. The quantitative estimate of drug-likeness (QED) is 0.832. The smallest absolute Gasteiger partial charge is 0.379 e. The molecule has 5 heteroatoms. The van der Waals surface area contributed by atoms with Crippen LogP contribution in [-0.4, -0.2) is 11.1 Å². The molecule has 1 heterocycles. The maximum Gasteiger partial charge on any atom is 0.379 e. The molecule has 0 saturated carbocycles. The lowest BCUT2D eigenvalue weighted by atomic mass is 10.1. The molecule has 2 aromatic rings. The van der Waals surface area contributed by atoms with Crippen molar-refractivity contribution in [1.29, 1.82) is 0 Å². The molecule has 0 fully saturated rings. The summed E-state index contributed by atoms with van der Waals surface area (Å²) in [7, 11) is 0. The van der Waals surface area contributed by atoms with Crippen molar-refractivity contribution in [3.63, 3.8) is 0 Å². The number of rotatable bonds is 2. The molecule has 0 aliphatic heterocycles. The Kier molecular flexibility index (Phi) is 1.96. The van der Waals surface area contributed by atoms with Gasteiger partial charge in [-0.2, -0.15) is 8.78 Å². The van der Waals surface area contributed by atoms with E-state index in [1.54, 1.807) is 0 Å². The molecule has 78 valence electrons. The van der Waals surface area contributed by atoms with Crippen LogP contribution in [0.25, 0.3) is 11.0 Å². The normalized spacial score (nSPS) is 11.9. The zero-order valence-corrected chi connectivity index (χ0v) is 7.41. The zero-order chi connectivity index (χ0) is 11.1. The van der Waals surface area contributed by atoms with Gasteiger partial charge in [-0.3, -0.25) is 0 Å². The highest BCUT2D eigenvalue weighted by Gasteiger charge is 2.41. The van der Waals surface area contributed by atoms with Gasteiger partial charge in [-0.1, -0.05) is 0 Å². The number of benzene rings is 1. The number of carboxylic acid groups (broad SMARTS) is 1. The largest absolute Gasteiger partial charge is 0.477 e. The Morgan fingerprint density at radius 1 is 1.33 bits per heavy atom. The highest BCUT2D eigenvalue weighted by molar-refractivity contribution is 5.82. The van der Waals surface area contributed by atoms with Crippen LogP contribution in [0, 0.1) is 0 Å². The third kappa shape index (κ3) is 1.45.